The average Bonchev–Trinajstić information content (AvgIpc) is 2.49. The van der Waals surface area contributed by atoms with Gasteiger partial charge in [-0.05, 0) is 40.3 Å². The number of hydrogen-bond acceptors (Lipinski definition) is 3. The molecular formula is C15H14IN3O2. The molecule has 0 spiro atoms. The van der Waals surface area contributed by atoms with Crippen molar-refractivity contribution < 1.29 is 10.0 Å². The van der Waals surface area contributed by atoms with E-state index in [1.165, 1.54) is 0 Å². The van der Waals surface area contributed by atoms with Crippen molar-refractivity contribution in [3.8, 4) is 0 Å². The molecule has 2 rings (SSSR count). The van der Waals surface area contributed by atoms with E-state index < -0.39 is 0 Å². The zero-order valence-electron chi connectivity index (χ0n) is 11.1. The first kappa shape index (κ1) is 15.3. The molecule has 0 saturated carbocycles. The van der Waals surface area contributed by atoms with Gasteiger partial charge in [-0.15, -0.1) is 0 Å². The minimum Gasteiger partial charge on any atom is -0.409 e. The highest BCUT2D eigenvalue weighted by atomic mass is 127. The Hall–Kier alpha value is -2.09. The summed E-state index contributed by atoms with van der Waals surface area (Å²) < 4.78 is 0.991. The maximum absolute atomic E-state index is 12.0. The smallest absolute Gasteiger partial charge is 0.228 e. The molecule has 1 amide bonds. The van der Waals surface area contributed by atoms with Crippen molar-refractivity contribution in [1.29, 1.82) is 0 Å². The van der Waals surface area contributed by atoms with Crippen LogP contribution in [-0.2, 0) is 11.2 Å². The standard InChI is InChI=1S/C15H14IN3O2/c16-12-3-1-2-4-13(12)18-14(20)9-10-5-7-11(8-6-10)15(17)19-21/h1-8,21H,9H2,(H2,17,19)(H,18,20). The summed E-state index contributed by atoms with van der Waals surface area (Å²) in [6, 6.07) is 14.6. The number of nitrogens with one attached hydrogen (secondary N) is 1. The fraction of sp³-hybridized carbons (Fsp3) is 0.0667. The van der Waals surface area contributed by atoms with Crippen LogP contribution in [-0.4, -0.2) is 17.0 Å². The summed E-state index contributed by atoms with van der Waals surface area (Å²) in [7, 11) is 0. The molecule has 21 heavy (non-hydrogen) atoms. The van der Waals surface area contributed by atoms with Crippen LogP contribution in [0.15, 0.2) is 53.7 Å². The van der Waals surface area contributed by atoms with E-state index in [1.54, 1.807) is 24.3 Å². The van der Waals surface area contributed by atoms with Gasteiger partial charge in [0.2, 0.25) is 5.91 Å². The fourth-order valence-electron chi connectivity index (χ4n) is 1.79. The van der Waals surface area contributed by atoms with Crippen molar-refractivity contribution in [1.82, 2.24) is 0 Å². The molecule has 0 atom stereocenters. The highest BCUT2D eigenvalue weighted by Gasteiger charge is 2.07. The normalized spacial score (nSPS) is 11.2. The molecule has 0 aliphatic rings. The summed E-state index contributed by atoms with van der Waals surface area (Å²) in [5, 5.41) is 14.4. The second kappa shape index (κ2) is 7.07. The van der Waals surface area contributed by atoms with E-state index >= 15 is 0 Å². The van der Waals surface area contributed by atoms with Gasteiger partial charge >= 0.3 is 0 Å². The first-order valence-electron chi connectivity index (χ1n) is 6.21. The SMILES string of the molecule is NC(=NO)c1ccc(CC(=O)Nc2ccccc2I)cc1. The van der Waals surface area contributed by atoms with Crippen LogP contribution in [0.3, 0.4) is 0 Å². The Morgan fingerprint density at radius 3 is 2.48 bits per heavy atom. The van der Waals surface area contributed by atoms with Crippen LogP contribution in [0, 0.1) is 3.57 Å². The van der Waals surface area contributed by atoms with E-state index in [-0.39, 0.29) is 18.2 Å². The first-order valence-corrected chi connectivity index (χ1v) is 7.29. The van der Waals surface area contributed by atoms with E-state index in [9.17, 15) is 4.79 Å². The maximum atomic E-state index is 12.0. The molecule has 2 aromatic rings. The largest absolute Gasteiger partial charge is 0.409 e. The highest BCUT2D eigenvalue weighted by Crippen LogP contribution is 2.17. The van der Waals surface area contributed by atoms with Crippen molar-refractivity contribution in [3.63, 3.8) is 0 Å². The number of para-hydroxylation sites is 1. The molecule has 5 nitrogen and oxygen atoms in total. The summed E-state index contributed by atoms with van der Waals surface area (Å²) in [4.78, 5) is 12.0. The number of oxime groups is 1. The Balaban J connectivity index is 2.02. The van der Waals surface area contributed by atoms with Crippen molar-refractivity contribution in [2.45, 2.75) is 6.42 Å². The average molecular weight is 395 g/mol. The number of nitrogens with zero attached hydrogens (tertiary/aromatic N) is 1. The van der Waals surface area contributed by atoms with Crippen LogP contribution < -0.4 is 11.1 Å². The number of amidine groups is 1. The number of rotatable bonds is 4. The van der Waals surface area contributed by atoms with Gasteiger partial charge < -0.3 is 16.3 Å². The molecule has 0 fully saturated rings. The van der Waals surface area contributed by atoms with Crippen molar-refractivity contribution in [3.05, 3.63) is 63.2 Å². The summed E-state index contributed by atoms with van der Waals surface area (Å²) in [6.45, 7) is 0. The number of carbonyl (C=O) groups excluding carboxylic acids is 1. The Kier molecular flexibility index (Phi) is 5.15. The number of nitrogens with two attached hydrogens (primary N) is 1. The molecule has 0 heterocycles. The highest BCUT2D eigenvalue weighted by molar-refractivity contribution is 14.1. The van der Waals surface area contributed by atoms with Gasteiger partial charge in [-0.3, -0.25) is 4.79 Å². The molecule has 6 heteroatoms. The molecule has 108 valence electrons. The van der Waals surface area contributed by atoms with Gasteiger partial charge in [0.1, 0.15) is 0 Å². The predicted molar refractivity (Wildman–Crippen MR) is 90.4 cm³/mol. The lowest BCUT2D eigenvalue weighted by Crippen LogP contribution is -2.16. The zero-order chi connectivity index (χ0) is 15.2. The molecule has 0 bridgehead atoms. The Bertz CT molecular complexity index is 669. The monoisotopic (exact) mass is 395 g/mol. The van der Waals surface area contributed by atoms with E-state index in [2.05, 4.69) is 33.1 Å². The van der Waals surface area contributed by atoms with Gasteiger partial charge in [-0.25, -0.2) is 0 Å². The van der Waals surface area contributed by atoms with Gasteiger partial charge in [0, 0.05) is 9.13 Å². The number of hydrogen-bond donors (Lipinski definition) is 3. The lowest BCUT2D eigenvalue weighted by molar-refractivity contribution is -0.115. The number of anilines is 1. The van der Waals surface area contributed by atoms with Gasteiger partial charge in [0.25, 0.3) is 0 Å². The molecule has 0 unspecified atom stereocenters. The van der Waals surface area contributed by atoms with Crippen molar-refractivity contribution in [2.75, 3.05) is 5.32 Å². The van der Waals surface area contributed by atoms with Crippen LogP contribution in [0.2, 0.25) is 0 Å². The molecule has 0 aromatic heterocycles. The molecule has 0 saturated heterocycles. The summed E-state index contributed by atoms with van der Waals surface area (Å²) in [6.07, 6.45) is 0.265. The summed E-state index contributed by atoms with van der Waals surface area (Å²) in [5.74, 6) is -0.0412. The second-order valence-corrected chi connectivity index (χ2v) is 5.55. The maximum Gasteiger partial charge on any atom is 0.228 e. The van der Waals surface area contributed by atoms with Crippen molar-refractivity contribution >= 4 is 40.0 Å². The van der Waals surface area contributed by atoms with Gasteiger partial charge in [-0.1, -0.05) is 41.6 Å². The summed E-state index contributed by atoms with van der Waals surface area (Å²) in [5.41, 5.74) is 7.75. The topological polar surface area (TPSA) is 87.7 Å². The number of amides is 1. The third-order valence-corrected chi connectivity index (χ3v) is 3.81. The molecule has 0 aliphatic carbocycles. The van der Waals surface area contributed by atoms with E-state index in [1.807, 2.05) is 24.3 Å². The van der Waals surface area contributed by atoms with E-state index in [0.717, 1.165) is 14.8 Å². The quantitative estimate of drug-likeness (QED) is 0.245. The fourth-order valence-corrected chi connectivity index (χ4v) is 2.32. The van der Waals surface area contributed by atoms with Crippen LogP contribution >= 0.6 is 22.6 Å². The minimum absolute atomic E-state index is 0.0461. The van der Waals surface area contributed by atoms with Crippen LogP contribution in [0.4, 0.5) is 5.69 Å². The Labute approximate surface area is 136 Å². The Morgan fingerprint density at radius 2 is 1.86 bits per heavy atom. The van der Waals surface area contributed by atoms with Gasteiger partial charge in [0.05, 0.1) is 12.1 Å². The lowest BCUT2D eigenvalue weighted by atomic mass is 10.1. The number of carbonyl (C=O) groups is 1. The molecular weight excluding hydrogens is 381 g/mol. The first-order chi connectivity index (χ1) is 10.1. The minimum atomic E-state index is -0.0873. The van der Waals surface area contributed by atoms with E-state index in [0.29, 0.717) is 5.56 Å². The van der Waals surface area contributed by atoms with Crippen molar-refractivity contribution in [2.24, 2.45) is 10.9 Å². The Morgan fingerprint density at radius 1 is 1.19 bits per heavy atom. The number of benzene rings is 2. The van der Waals surface area contributed by atoms with Crippen LogP contribution in [0.1, 0.15) is 11.1 Å². The van der Waals surface area contributed by atoms with Gasteiger partial charge in [-0.2, -0.15) is 0 Å². The molecule has 4 N–H and O–H groups in total. The third-order valence-electron chi connectivity index (χ3n) is 2.87. The molecule has 2 aromatic carbocycles. The van der Waals surface area contributed by atoms with Gasteiger partial charge in [0.15, 0.2) is 5.84 Å². The third kappa shape index (κ3) is 4.19. The lowest BCUT2D eigenvalue weighted by Gasteiger charge is -2.07. The summed E-state index contributed by atoms with van der Waals surface area (Å²) >= 11 is 2.18. The zero-order valence-corrected chi connectivity index (χ0v) is 13.2. The van der Waals surface area contributed by atoms with Crippen LogP contribution in [0.5, 0.6) is 0 Å². The predicted octanol–water partition coefficient (Wildman–Crippen LogP) is 2.57. The van der Waals surface area contributed by atoms with Crippen LogP contribution in [0.25, 0.3) is 0 Å². The second-order valence-electron chi connectivity index (χ2n) is 4.39. The molecule has 0 aliphatic heterocycles. The van der Waals surface area contributed by atoms with E-state index in [4.69, 9.17) is 10.9 Å². The number of halogens is 1. The molecule has 0 radical (unpaired) electrons.